The van der Waals surface area contributed by atoms with Crippen molar-refractivity contribution in [1.82, 2.24) is 15.6 Å². The molecule has 0 spiro atoms. The Morgan fingerprint density at radius 2 is 2.37 bits per heavy atom. The van der Waals surface area contributed by atoms with Crippen molar-refractivity contribution in [2.24, 2.45) is 11.3 Å². The molecule has 1 aliphatic rings. The molecule has 1 aromatic heterocycles. The molecule has 19 heavy (non-hydrogen) atoms. The third-order valence-corrected chi connectivity index (χ3v) is 5.03. The zero-order chi connectivity index (χ0) is 13.7. The molecule has 0 aromatic carbocycles. The molecule has 3 nitrogen and oxygen atoms in total. The summed E-state index contributed by atoms with van der Waals surface area (Å²) in [4.78, 5) is 4.50. The molecule has 0 amide bonds. The third-order valence-electron chi connectivity index (χ3n) is 4.21. The number of thiazole rings is 1. The van der Waals surface area contributed by atoms with E-state index in [4.69, 9.17) is 0 Å². The van der Waals surface area contributed by atoms with Gasteiger partial charge >= 0.3 is 0 Å². The fourth-order valence-electron chi connectivity index (χ4n) is 2.81. The molecule has 2 heterocycles. The van der Waals surface area contributed by atoms with Gasteiger partial charge in [-0.1, -0.05) is 13.8 Å². The van der Waals surface area contributed by atoms with Crippen LogP contribution in [0.5, 0.6) is 0 Å². The van der Waals surface area contributed by atoms with E-state index in [1.807, 2.05) is 0 Å². The summed E-state index contributed by atoms with van der Waals surface area (Å²) in [6, 6.07) is 0. The average Bonchev–Trinajstić information content (AvgIpc) is 2.82. The van der Waals surface area contributed by atoms with Crippen molar-refractivity contribution in [1.29, 1.82) is 0 Å². The number of rotatable bonds is 6. The summed E-state index contributed by atoms with van der Waals surface area (Å²) in [5.74, 6) is 0.801. The van der Waals surface area contributed by atoms with Crippen molar-refractivity contribution in [3.8, 4) is 0 Å². The van der Waals surface area contributed by atoms with Crippen molar-refractivity contribution < 1.29 is 0 Å². The molecular formula is C15H27N3S. The Hall–Kier alpha value is -0.450. The lowest BCUT2D eigenvalue weighted by Gasteiger charge is -2.37. The molecule has 1 saturated heterocycles. The average molecular weight is 281 g/mol. The topological polar surface area (TPSA) is 37.0 Å². The number of hydrogen-bond acceptors (Lipinski definition) is 4. The van der Waals surface area contributed by atoms with E-state index in [1.54, 1.807) is 11.3 Å². The van der Waals surface area contributed by atoms with Gasteiger partial charge in [-0.25, -0.2) is 4.98 Å². The highest BCUT2D eigenvalue weighted by molar-refractivity contribution is 7.09. The Balaban J connectivity index is 1.69. The largest absolute Gasteiger partial charge is 0.316 e. The normalized spacial score (nSPS) is 20.7. The van der Waals surface area contributed by atoms with Gasteiger partial charge in [0.2, 0.25) is 0 Å². The summed E-state index contributed by atoms with van der Waals surface area (Å²) in [6.45, 7) is 11.4. The number of piperidine rings is 1. The van der Waals surface area contributed by atoms with Crippen molar-refractivity contribution in [3.05, 3.63) is 16.1 Å². The van der Waals surface area contributed by atoms with Crippen LogP contribution in [0.1, 0.15) is 37.4 Å². The highest BCUT2D eigenvalue weighted by Crippen LogP contribution is 2.30. The predicted octanol–water partition coefficient (Wildman–Crippen LogP) is 2.61. The Morgan fingerprint density at radius 3 is 3.00 bits per heavy atom. The van der Waals surface area contributed by atoms with Gasteiger partial charge in [-0.15, -0.1) is 11.3 Å². The quantitative estimate of drug-likeness (QED) is 0.787. The maximum Gasteiger partial charge on any atom is 0.0897 e. The molecule has 108 valence electrons. The van der Waals surface area contributed by atoms with Gasteiger partial charge < -0.3 is 10.6 Å². The zero-order valence-electron chi connectivity index (χ0n) is 12.5. The van der Waals surface area contributed by atoms with Gasteiger partial charge in [0.25, 0.3) is 0 Å². The second kappa shape index (κ2) is 6.82. The van der Waals surface area contributed by atoms with Gasteiger partial charge in [-0.3, -0.25) is 0 Å². The molecule has 2 N–H and O–H groups in total. The molecule has 2 rings (SSSR count). The first-order chi connectivity index (χ1) is 9.08. The molecule has 1 atom stereocenters. The molecule has 1 unspecified atom stereocenters. The van der Waals surface area contributed by atoms with E-state index in [1.165, 1.54) is 36.6 Å². The predicted molar refractivity (Wildman–Crippen MR) is 82.8 cm³/mol. The van der Waals surface area contributed by atoms with Crippen molar-refractivity contribution in [3.63, 3.8) is 0 Å². The minimum atomic E-state index is 0.380. The fourth-order valence-corrected chi connectivity index (χ4v) is 3.46. The summed E-state index contributed by atoms with van der Waals surface area (Å²) in [5, 5.41) is 10.5. The molecule has 0 aliphatic carbocycles. The minimum Gasteiger partial charge on any atom is -0.316 e. The molecule has 1 fully saturated rings. The molecule has 0 saturated carbocycles. The van der Waals surface area contributed by atoms with Gasteiger partial charge in [0.05, 0.1) is 10.7 Å². The Morgan fingerprint density at radius 1 is 1.53 bits per heavy atom. The standard InChI is InChI=1S/C15H27N3S/c1-12-18-14(10-19-12)6-8-17-11-15(2,3)13-5-4-7-16-9-13/h10,13,16-17H,4-9,11H2,1-3H3. The van der Waals surface area contributed by atoms with E-state index < -0.39 is 0 Å². The van der Waals surface area contributed by atoms with Crippen LogP contribution < -0.4 is 10.6 Å². The van der Waals surface area contributed by atoms with Crippen LogP contribution >= 0.6 is 11.3 Å². The van der Waals surface area contributed by atoms with Gasteiger partial charge in [0.15, 0.2) is 0 Å². The van der Waals surface area contributed by atoms with Crippen molar-refractivity contribution in [2.45, 2.75) is 40.0 Å². The van der Waals surface area contributed by atoms with Gasteiger partial charge in [0, 0.05) is 24.9 Å². The zero-order valence-corrected chi connectivity index (χ0v) is 13.3. The smallest absolute Gasteiger partial charge is 0.0897 e. The summed E-state index contributed by atoms with van der Waals surface area (Å²) in [5.41, 5.74) is 1.61. The Labute approximate surface area is 121 Å². The summed E-state index contributed by atoms with van der Waals surface area (Å²) in [7, 11) is 0. The fraction of sp³-hybridized carbons (Fsp3) is 0.800. The summed E-state index contributed by atoms with van der Waals surface area (Å²) < 4.78 is 0. The number of nitrogens with zero attached hydrogens (tertiary/aromatic N) is 1. The second-order valence-electron chi connectivity index (χ2n) is 6.32. The monoisotopic (exact) mass is 281 g/mol. The van der Waals surface area contributed by atoms with Crippen LogP contribution in [0.2, 0.25) is 0 Å². The number of nitrogens with one attached hydrogen (secondary N) is 2. The Kier molecular flexibility index (Phi) is 5.37. The minimum absolute atomic E-state index is 0.380. The van der Waals surface area contributed by atoms with Crippen molar-refractivity contribution >= 4 is 11.3 Å². The van der Waals surface area contributed by atoms with E-state index in [9.17, 15) is 0 Å². The Bertz CT molecular complexity index is 380. The molecular weight excluding hydrogens is 254 g/mol. The molecule has 0 radical (unpaired) electrons. The number of hydrogen-bond donors (Lipinski definition) is 2. The summed E-state index contributed by atoms with van der Waals surface area (Å²) in [6.07, 6.45) is 3.74. The molecule has 4 heteroatoms. The van der Waals surface area contributed by atoms with Crippen LogP contribution in [0.25, 0.3) is 0 Å². The van der Waals surface area contributed by atoms with Crippen molar-refractivity contribution in [2.75, 3.05) is 26.2 Å². The van der Waals surface area contributed by atoms with Crippen LogP contribution in [0.3, 0.4) is 0 Å². The van der Waals surface area contributed by atoms with Crippen LogP contribution in [0, 0.1) is 18.3 Å². The van der Waals surface area contributed by atoms with Gasteiger partial charge in [-0.05, 0) is 44.2 Å². The van der Waals surface area contributed by atoms with E-state index in [2.05, 4.69) is 41.8 Å². The molecule has 1 aliphatic heterocycles. The molecule has 1 aromatic rings. The van der Waals surface area contributed by atoms with Gasteiger partial charge in [-0.2, -0.15) is 0 Å². The van der Waals surface area contributed by atoms with E-state index in [0.717, 1.165) is 25.4 Å². The first-order valence-electron chi connectivity index (χ1n) is 7.40. The first kappa shape index (κ1) is 14.9. The highest BCUT2D eigenvalue weighted by Gasteiger charge is 2.29. The van der Waals surface area contributed by atoms with E-state index >= 15 is 0 Å². The van der Waals surface area contributed by atoms with Crippen LogP contribution in [0.4, 0.5) is 0 Å². The number of aromatic nitrogens is 1. The maximum absolute atomic E-state index is 4.50. The highest BCUT2D eigenvalue weighted by atomic mass is 32.1. The maximum atomic E-state index is 4.50. The van der Waals surface area contributed by atoms with Gasteiger partial charge in [0.1, 0.15) is 0 Å². The number of aryl methyl sites for hydroxylation is 1. The van der Waals surface area contributed by atoms with Crippen LogP contribution in [-0.2, 0) is 6.42 Å². The third kappa shape index (κ3) is 4.55. The van der Waals surface area contributed by atoms with E-state index in [-0.39, 0.29) is 0 Å². The lowest BCUT2D eigenvalue weighted by atomic mass is 9.75. The van der Waals surface area contributed by atoms with Crippen LogP contribution in [-0.4, -0.2) is 31.2 Å². The second-order valence-corrected chi connectivity index (χ2v) is 7.38. The first-order valence-corrected chi connectivity index (χ1v) is 8.28. The van der Waals surface area contributed by atoms with E-state index in [0.29, 0.717) is 5.41 Å². The molecule has 0 bridgehead atoms. The SMILES string of the molecule is Cc1nc(CCNCC(C)(C)C2CCCNC2)cs1. The summed E-state index contributed by atoms with van der Waals surface area (Å²) >= 11 is 1.74. The lowest BCUT2D eigenvalue weighted by molar-refractivity contribution is 0.167. The lowest BCUT2D eigenvalue weighted by Crippen LogP contribution is -2.43. The van der Waals surface area contributed by atoms with Crippen LogP contribution in [0.15, 0.2) is 5.38 Å².